The Hall–Kier alpha value is -2.18. The molecule has 150 valence electrons. The van der Waals surface area contributed by atoms with Gasteiger partial charge in [0.15, 0.2) is 11.5 Å². The normalized spacial score (nSPS) is 14.5. The van der Waals surface area contributed by atoms with Gasteiger partial charge in [0, 0.05) is 43.2 Å². The van der Waals surface area contributed by atoms with Crippen molar-refractivity contribution in [3.8, 4) is 11.5 Å². The second-order valence-corrected chi connectivity index (χ2v) is 7.97. The Balaban J connectivity index is 1.61. The van der Waals surface area contributed by atoms with Gasteiger partial charge < -0.3 is 14.8 Å². The summed E-state index contributed by atoms with van der Waals surface area (Å²) in [6.45, 7) is 3.08. The highest BCUT2D eigenvalue weighted by Gasteiger charge is 2.15. The molecule has 1 fully saturated rings. The molecule has 1 aliphatic rings. The minimum absolute atomic E-state index is 0.00604. The number of benzene rings is 2. The molecule has 1 heterocycles. The molecule has 1 aliphatic heterocycles. The molecule has 3 rings (SSSR count). The number of amides is 1. The number of hydrogen-bond donors (Lipinski definition) is 1. The van der Waals surface area contributed by atoms with E-state index in [1.54, 1.807) is 14.2 Å². The smallest absolute Gasteiger partial charge is 0.224 e. The number of ether oxygens (including phenoxy) is 2. The van der Waals surface area contributed by atoms with Crippen LogP contribution in [0.2, 0.25) is 0 Å². The molecule has 6 heteroatoms. The molecular weight excluding hydrogens is 372 g/mol. The van der Waals surface area contributed by atoms with Gasteiger partial charge >= 0.3 is 0 Å². The molecule has 0 radical (unpaired) electrons. The number of aryl methyl sites for hydroxylation is 1. The zero-order valence-electron chi connectivity index (χ0n) is 16.6. The van der Waals surface area contributed by atoms with Crippen LogP contribution in [0.1, 0.15) is 17.5 Å². The maximum Gasteiger partial charge on any atom is 0.224 e. The second kappa shape index (κ2) is 10.4. The molecule has 5 nitrogen and oxygen atoms in total. The van der Waals surface area contributed by atoms with Gasteiger partial charge in [-0.05, 0) is 29.7 Å². The maximum atomic E-state index is 12.6. The topological polar surface area (TPSA) is 50.8 Å². The van der Waals surface area contributed by atoms with E-state index in [0.717, 1.165) is 30.9 Å². The molecule has 2 aromatic carbocycles. The third kappa shape index (κ3) is 5.42. The van der Waals surface area contributed by atoms with Crippen molar-refractivity contribution in [2.45, 2.75) is 19.4 Å². The van der Waals surface area contributed by atoms with Crippen LogP contribution in [-0.2, 0) is 17.8 Å². The van der Waals surface area contributed by atoms with Gasteiger partial charge in [0.2, 0.25) is 5.91 Å². The van der Waals surface area contributed by atoms with E-state index in [-0.39, 0.29) is 5.91 Å². The summed E-state index contributed by atoms with van der Waals surface area (Å²) in [5, 5.41) is 3.09. The van der Waals surface area contributed by atoms with E-state index < -0.39 is 0 Å². The Kier molecular flexibility index (Phi) is 7.62. The van der Waals surface area contributed by atoms with Gasteiger partial charge in [-0.2, -0.15) is 11.8 Å². The monoisotopic (exact) mass is 400 g/mol. The third-order valence-electron chi connectivity index (χ3n) is 4.89. The Labute approximate surface area is 171 Å². The predicted molar refractivity (Wildman–Crippen MR) is 116 cm³/mol. The first kappa shape index (κ1) is 20.6. The number of nitrogens with one attached hydrogen (secondary N) is 1. The molecule has 1 saturated heterocycles. The van der Waals surface area contributed by atoms with E-state index in [1.807, 2.05) is 48.2 Å². The average molecular weight is 401 g/mol. The molecule has 0 atom stereocenters. The Bertz CT molecular complexity index is 791. The molecule has 28 heavy (non-hydrogen) atoms. The van der Waals surface area contributed by atoms with Gasteiger partial charge in [-0.15, -0.1) is 0 Å². The molecule has 0 aliphatic carbocycles. The lowest BCUT2D eigenvalue weighted by Crippen LogP contribution is -2.32. The van der Waals surface area contributed by atoms with Gasteiger partial charge in [-0.1, -0.05) is 30.3 Å². The van der Waals surface area contributed by atoms with Crippen LogP contribution in [0.5, 0.6) is 11.5 Å². The molecule has 0 aromatic heterocycles. The van der Waals surface area contributed by atoms with Crippen molar-refractivity contribution in [2.75, 3.05) is 44.1 Å². The van der Waals surface area contributed by atoms with Gasteiger partial charge in [0.1, 0.15) is 0 Å². The SMILES string of the molecule is COc1cccc(CCC(=O)Nc2ccccc2CN2CCSCC2)c1OC. The van der Waals surface area contributed by atoms with Crippen LogP contribution < -0.4 is 14.8 Å². The minimum atomic E-state index is 0.00604. The highest BCUT2D eigenvalue weighted by molar-refractivity contribution is 7.99. The lowest BCUT2D eigenvalue weighted by molar-refractivity contribution is -0.116. The first-order chi connectivity index (χ1) is 13.7. The number of methoxy groups -OCH3 is 2. The molecular formula is C22H28N2O3S. The van der Waals surface area contributed by atoms with Gasteiger partial charge in [0.25, 0.3) is 0 Å². The summed E-state index contributed by atoms with van der Waals surface area (Å²) < 4.78 is 10.8. The largest absolute Gasteiger partial charge is 0.493 e. The first-order valence-electron chi connectivity index (χ1n) is 9.59. The van der Waals surface area contributed by atoms with Crippen LogP contribution in [-0.4, -0.2) is 49.6 Å². The number of carbonyl (C=O) groups is 1. The molecule has 0 saturated carbocycles. The molecule has 0 spiro atoms. The fourth-order valence-electron chi connectivity index (χ4n) is 3.39. The van der Waals surface area contributed by atoms with Crippen molar-refractivity contribution < 1.29 is 14.3 Å². The van der Waals surface area contributed by atoms with E-state index in [1.165, 1.54) is 17.1 Å². The number of hydrogen-bond acceptors (Lipinski definition) is 5. The van der Waals surface area contributed by atoms with E-state index in [2.05, 4.69) is 16.3 Å². The van der Waals surface area contributed by atoms with Crippen LogP contribution in [0.15, 0.2) is 42.5 Å². The minimum Gasteiger partial charge on any atom is -0.493 e. The lowest BCUT2D eigenvalue weighted by atomic mass is 10.1. The Morgan fingerprint density at radius 3 is 2.54 bits per heavy atom. The Morgan fingerprint density at radius 2 is 1.79 bits per heavy atom. The van der Waals surface area contributed by atoms with E-state index in [0.29, 0.717) is 24.3 Å². The standard InChI is InChI=1S/C22H28N2O3S/c1-26-20-9-5-7-17(22(20)27-2)10-11-21(25)23-19-8-4-3-6-18(19)16-24-12-14-28-15-13-24/h3-9H,10-16H2,1-2H3,(H,23,25). The van der Waals surface area contributed by atoms with Crippen LogP contribution in [0, 0.1) is 0 Å². The maximum absolute atomic E-state index is 12.6. The fraction of sp³-hybridized carbons (Fsp3) is 0.409. The van der Waals surface area contributed by atoms with E-state index in [4.69, 9.17) is 9.47 Å². The summed E-state index contributed by atoms with van der Waals surface area (Å²) >= 11 is 2.00. The third-order valence-corrected chi connectivity index (χ3v) is 5.84. The quantitative estimate of drug-likeness (QED) is 0.730. The molecule has 0 bridgehead atoms. The van der Waals surface area contributed by atoms with Crippen molar-refractivity contribution in [3.63, 3.8) is 0 Å². The molecule has 0 unspecified atom stereocenters. The summed E-state index contributed by atoms with van der Waals surface area (Å²) in [5.74, 6) is 3.74. The van der Waals surface area contributed by atoms with Gasteiger partial charge in [-0.3, -0.25) is 9.69 Å². The van der Waals surface area contributed by atoms with Crippen molar-refractivity contribution in [3.05, 3.63) is 53.6 Å². The number of rotatable bonds is 8. The molecule has 2 aromatic rings. The zero-order valence-corrected chi connectivity index (χ0v) is 17.4. The summed E-state index contributed by atoms with van der Waals surface area (Å²) in [6.07, 6.45) is 0.982. The number of anilines is 1. The highest BCUT2D eigenvalue weighted by atomic mass is 32.2. The number of nitrogens with zero attached hydrogens (tertiary/aromatic N) is 1. The number of thioether (sulfide) groups is 1. The second-order valence-electron chi connectivity index (χ2n) is 6.75. The van der Waals surface area contributed by atoms with Crippen molar-refractivity contribution in [2.24, 2.45) is 0 Å². The van der Waals surface area contributed by atoms with Crippen molar-refractivity contribution in [1.29, 1.82) is 0 Å². The zero-order chi connectivity index (χ0) is 19.8. The predicted octanol–water partition coefficient (Wildman–Crippen LogP) is 3.82. The summed E-state index contributed by atoms with van der Waals surface area (Å²) in [6, 6.07) is 13.8. The lowest BCUT2D eigenvalue weighted by Gasteiger charge is -2.27. The summed E-state index contributed by atoms with van der Waals surface area (Å²) in [4.78, 5) is 15.0. The van der Waals surface area contributed by atoms with Crippen molar-refractivity contribution >= 4 is 23.4 Å². The van der Waals surface area contributed by atoms with Crippen molar-refractivity contribution in [1.82, 2.24) is 4.90 Å². The first-order valence-corrected chi connectivity index (χ1v) is 10.7. The fourth-order valence-corrected chi connectivity index (χ4v) is 4.37. The van der Waals surface area contributed by atoms with Crippen LogP contribution in [0.25, 0.3) is 0 Å². The highest BCUT2D eigenvalue weighted by Crippen LogP contribution is 2.31. The van der Waals surface area contributed by atoms with E-state index in [9.17, 15) is 4.79 Å². The van der Waals surface area contributed by atoms with Gasteiger partial charge in [-0.25, -0.2) is 0 Å². The average Bonchev–Trinajstić information content (AvgIpc) is 2.74. The summed E-state index contributed by atoms with van der Waals surface area (Å²) in [7, 11) is 3.24. The number of para-hydroxylation sites is 2. The van der Waals surface area contributed by atoms with Gasteiger partial charge in [0.05, 0.1) is 14.2 Å². The number of carbonyl (C=O) groups excluding carboxylic acids is 1. The van der Waals surface area contributed by atoms with Crippen LogP contribution in [0.3, 0.4) is 0 Å². The molecule has 1 amide bonds. The van der Waals surface area contributed by atoms with Crippen LogP contribution >= 0.6 is 11.8 Å². The Morgan fingerprint density at radius 1 is 1.04 bits per heavy atom. The summed E-state index contributed by atoms with van der Waals surface area (Å²) in [5.41, 5.74) is 3.04. The molecule has 1 N–H and O–H groups in total. The van der Waals surface area contributed by atoms with E-state index >= 15 is 0 Å². The van der Waals surface area contributed by atoms with Crippen LogP contribution in [0.4, 0.5) is 5.69 Å².